The standard InChI is InChI=1S/C24H26N4O3S2.C17H20N4OS.C7H9BO4S/c1-33(29,30)22-9-7-21(8-10-22)31-17-20-16-28-24(25-20)32-23(26-28)19-11-13-27(14-12-19)15-18-5-3-2-4-6-18;22-12-15-11-21-17(18-15)23-16(19-21)14-6-8-20(9-7-14)10-13-4-2-1-3-5-13;1-13(11,12)7-4-2-6(3-5-7)8(9)10/h2-10,16,19H,11-15,17H2,1H3;1-5,11,14,22H,6-10,12H2;2-5,9-10H,1H3. The molecule has 0 amide bonds. The van der Waals surface area contributed by atoms with Gasteiger partial charge in [-0.15, -0.1) is 0 Å². The lowest BCUT2D eigenvalue weighted by Crippen LogP contribution is -2.32. The van der Waals surface area contributed by atoms with Gasteiger partial charge in [0.05, 0.1) is 40.2 Å². The molecule has 3 N–H and O–H groups in total. The molecule has 21 heteroatoms. The van der Waals surface area contributed by atoms with E-state index in [-0.39, 0.29) is 21.9 Å². The number of piperidine rings is 2. The Morgan fingerprint density at radius 1 is 0.609 bits per heavy atom. The van der Waals surface area contributed by atoms with Gasteiger partial charge < -0.3 is 19.9 Å². The number of imidazole rings is 2. The zero-order valence-corrected chi connectivity index (χ0v) is 41.6. The molecule has 362 valence electrons. The average Bonchev–Trinajstić information content (AvgIpc) is 4.13. The highest BCUT2D eigenvalue weighted by atomic mass is 32.2. The number of ether oxygens (including phenoxy) is 1. The van der Waals surface area contributed by atoms with Crippen molar-refractivity contribution in [2.45, 2.75) is 73.6 Å². The number of fused-ring (bicyclic) bond motifs is 2. The Hall–Kier alpha value is -5.36. The second-order valence-electron chi connectivity index (χ2n) is 17.3. The number of nitrogens with zero attached hydrogens (tertiary/aromatic N) is 8. The third kappa shape index (κ3) is 13.7. The fourth-order valence-electron chi connectivity index (χ4n) is 8.18. The predicted molar refractivity (Wildman–Crippen MR) is 268 cm³/mol. The lowest BCUT2D eigenvalue weighted by molar-refractivity contribution is 0.204. The SMILES string of the molecule is CS(=O)(=O)c1ccc(B(O)O)cc1.CS(=O)(=O)c1ccc(OCc2cn3nc(C4CCN(Cc5ccccc5)CC4)sc3n2)cc1.OCc1cn2nc(C3CCN(Cc4ccccc4)CC3)sc2n1. The minimum absolute atomic E-state index is 0.0245. The van der Waals surface area contributed by atoms with Crippen molar-refractivity contribution in [3.05, 3.63) is 154 Å². The maximum absolute atomic E-state index is 11.6. The second-order valence-corrected chi connectivity index (χ2v) is 23.3. The van der Waals surface area contributed by atoms with Crippen LogP contribution in [0.15, 0.2) is 131 Å². The maximum atomic E-state index is 11.6. The first-order chi connectivity index (χ1) is 33.2. The number of rotatable bonds is 13. The van der Waals surface area contributed by atoms with Crippen LogP contribution in [-0.2, 0) is 46.0 Å². The minimum atomic E-state index is -3.21. The molecule has 16 nitrogen and oxygen atoms in total. The molecular formula is C48H55BN8O8S4. The van der Waals surface area contributed by atoms with Crippen molar-refractivity contribution in [3.63, 3.8) is 0 Å². The van der Waals surface area contributed by atoms with Gasteiger partial charge in [0.15, 0.2) is 19.7 Å². The molecule has 0 radical (unpaired) electrons. The lowest BCUT2D eigenvalue weighted by atomic mass is 9.81. The van der Waals surface area contributed by atoms with Crippen LogP contribution in [0.1, 0.15) is 70.0 Å². The molecule has 0 aliphatic carbocycles. The zero-order chi connectivity index (χ0) is 48.5. The summed E-state index contributed by atoms with van der Waals surface area (Å²) in [6.45, 7) is 6.72. The van der Waals surface area contributed by atoms with E-state index in [2.05, 4.69) is 85.5 Å². The van der Waals surface area contributed by atoms with E-state index in [1.807, 2.05) is 21.4 Å². The van der Waals surface area contributed by atoms with Gasteiger partial charge in [0.1, 0.15) is 22.4 Å². The largest absolute Gasteiger partial charge is 0.488 e. The van der Waals surface area contributed by atoms with Gasteiger partial charge in [-0.1, -0.05) is 95.5 Å². The summed E-state index contributed by atoms with van der Waals surface area (Å²) in [6.07, 6.45) is 10.5. The van der Waals surface area contributed by atoms with Crippen LogP contribution in [0, 0.1) is 0 Å². The molecule has 2 saturated heterocycles. The molecule has 6 heterocycles. The summed E-state index contributed by atoms with van der Waals surface area (Å²) < 4.78 is 54.5. The van der Waals surface area contributed by atoms with E-state index in [1.165, 1.54) is 46.7 Å². The van der Waals surface area contributed by atoms with Crippen molar-refractivity contribution in [3.8, 4) is 5.75 Å². The summed E-state index contributed by atoms with van der Waals surface area (Å²) in [4.78, 5) is 16.3. The second kappa shape index (κ2) is 22.6. The van der Waals surface area contributed by atoms with Gasteiger partial charge >= 0.3 is 7.12 Å². The Labute approximate surface area is 410 Å². The molecule has 4 aromatic heterocycles. The normalized spacial score (nSPS) is 15.4. The molecule has 2 aliphatic heterocycles. The zero-order valence-electron chi connectivity index (χ0n) is 38.4. The molecule has 8 aromatic rings. The van der Waals surface area contributed by atoms with Crippen LogP contribution in [0.5, 0.6) is 5.75 Å². The molecular weight excluding hydrogens is 956 g/mol. The van der Waals surface area contributed by atoms with Crippen LogP contribution in [0.4, 0.5) is 0 Å². The van der Waals surface area contributed by atoms with Gasteiger partial charge in [-0.25, -0.2) is 35.8 Å². The molecule has 10 rings (SSSR count). The first kappa shape index (κ1) is 50.0. The molecule has 0 unspecified atom stereocenters. The van der Waals surface area contributed by atoms with E-state index in [4.69, 9.17) is 25.0 Å². The van der Waals surface area contributed by atoms with Crippen LogP contribution in [0.3, 0.4) is 0 Å². The van der Waals surface area contributed by atoms with Gasteiger partial charge in [0, 0.05) is 37.4 Å². The molecule has 0 spiro atoms. The van der Waals surface area contributed by atoms with Crippen molar-refractivity contribution in [1.82, 2.24) is 39.0 Å². The van der Waals surface area contributed by atoms with Crippen molar-refractivity contribution in [2.24, 2.45) is 0 Å². The van der Waals surface area contributed by atoms with E-state index in [0.717, 1.165) is 91.8 Å². The number of aliphatic hydroxyl groups excluding tert-OH is 1. The Bertz CT molecular complexity index is 3050. The fraction of sp³-hybridized carbons (Fsp3) is 0.333. The number of likely N-dealkylation sites (tertiary alicyclic amines) is 2. The first-order valence-corrected chi connectivity index (χ1v) is 28.0. The topological polar surface area (TPSA) is 205 Å². The summed E-state index contributed by atoms with van der Waals surface area (Å²) >= 11 is 3.31. The van der Waals surface area contributed by atoms with Gasteiger partial charge in [-0.3, -0.25) is 9.80 Å². The van der Waals surface area contributed by atoms with Gasteiger partial charge in [-0.05, 0) is 105 Å². The Kier molecular flexibility index (Phi) is 16.4. The van der Waals surface area contributed by atoms with Crippen LogP contribution >= 0.6 is 22.7 Å². The van der Waals surface area contributed by atoms with Gasteiger partial charge in [-0.2, -0.15) is 10.2 Å². The van der Waals surface area contributed by atoms with Crippen molar-refractivity contribution >= 4 is 64.9 Å². The molecule has 2 aliphatic rings. The number of benzene rings is 4. The third-order valence-corrected chi connectivity index (χ3v) is 16.4. The van der Waals surface area contributed by atoms with Crippen LogP contribution in [-0.4, -0.2) is 117 Å². The number of aliphatic hydroxyl groups is 1. The number of sulfone groups is 2. The highest BCUT2D eigenvalue weighted by Crippen LogP contribution is 2.33. The maximum Gasteiger partial charge on any atom is 0.488 e. The molecule has 0 bridgehead atoms. The van der Waals surface area contributed by atoms with E-state index in [0.29, 0.717) is 29.9 Å². The Balaban J connectivity index is 0.000000154. The molecule has 69 heavy (non-hydrogen) atoms. The highest BCUT2D eigenvalue weighted by molar-refractivity contribution is 7.91. The smallest absolute Gasteiger partial charge is 0.487 e. The summed E-state index contributed by atoms with van der Waals surface area (Å²) in [6, 6.07) is 33.1. The average molecular weight is 1010 g/mol. The van der Waals surface area contributed by atoms with Gasteiger partial charge in [0.25, 0.3) is 0 Å². The quantitative estimate of drug-likeness (QED) is 0.121. The van der Waals surface area contributed by atoms with Gasteiger partial charge in [0.2, 0.25) is 9.92 Å². The fourth-order valence-corrected chi connectivity index (χ4v) is 11.6. The van der Waals surface area contributed by atoms with Crippen molar-refractivity contribution in [2.75, 3.05) is 38.7 Å². The van der Waals surface area contributed by atoms with Crippen LogP contribution < -0.4 is 10.2 Å². The third-order valence-electron chi connectivity index (χ3n) is 12.0. The number of hydrogen-bond donors (Lipinski definition) is 3. The monoisotopic (exact) mass is 1010 g/mol. The van der Waals surface area contributed by atoms with E-state index >= 15 is 0 Å². The summed E-state index contributed by atoms with van der Waals surface area (Å²) in [5.41, 5.74) is 4.51. The van der Waals surface area contributed by atoms with E-state index in [1.54, 1.807) is 46.9 Å². The number of hydrogen-bond acceptors (Lipinski definition) is 16. The number of aromatic nitrogens is 6. The highest BCUT2D eigenvalue weighted by Gasteiger charge is 2.26. The van der Waals surface area contributed by atoms with E-state index in [9.17, 15) is 16.8 Å². The predicted octanol–water partition coefficient (Wildman–Crippen LogP) is 5.59. The van der Waals surface area contributed by atoms with Crippen molar-refractivity contribution in [1.29, 1.82) is 0 Å². The Morgan fingerprint density at radius 2 is 1.03 bits per heavy atom. The molecule has 4 aromatic carbocycles. The summed E-state index contributed by atoms with van der Waals surface area (Å²) in [5.74, 6) is 1.62. The first-order valence-electron chi connectivity index (χ1n) is 22.6. The molecule has 0 atom stereocenters. The Morgan fingerprint density at radius 3 is 1.43 bits per heavy atom. The van der Waals surface area contributed by atoms with Crippen molar-refractivity contribution < 1.29 is 36.7 Å². The van der Waals surface area contributed by atoms with Crippen LogP contribution in [0.2, 0.25) is 0 Å². The van der Waals surface area contributed by atoms with Crippen LogP contribution in [0.25, 0.3) is 9.92 Å². The molecule has 2 fully saturated rings. The molecule has 0 saturated carbocycles. The minimum Gasteiger partial charge on any atom is -0.487 e. The van der Waals surface area contributed by atoms with E-state index < -0.39 is 26.8 Å². The summed E-state index contributed by atoms with van der Waals surface area (Å²) in [5, 5.41) is 38.3. The summed E-state index contributed by atoms with van der Waals surface area (Å²) in [7, 11) is -7.98. The lowest BCUT2D eigenvalue weighted by Gasteiger charge is -2.30.